The van der Waals surface area contributed by atoms with E-state index in [1.807, 2.05) is 6.07 Å². The summed E-state index contributed by atoms with van der Waals surface area (Å²) in [6, 6.07) is 4.87. The van der Waals surface area contributed by atoms with Crippen LogP contribution >= 0.6 is 0 Å². The number of aromatic hydroxyl groups is 2. The molecular weight excluding hydrogens is 252 g/mol. The van der Waals surface area contributed by atoms with Gasteiger partial charge in [-0.1, -0.05) is 13.0 Å². The van der Waals surface area contributed by atoms with Gasteiger partial charge < -0.3 is 15.5 Å². The summed E-state index contributed by atoms with van der Waals surface area (Å²) in [4.78, 5) is 2.41. The second-order valence-corrected chi connectivity index (χ2v) is 5.76. The normalized spacial score (nSPS) is 19.4. The zero-order valence-electron chi connectivity index (χ0n) is 12.3. The number of phenols is 2. The molecule has 1 fully saturated rings. The molecule has 0 bridgehead atoms. The standard InChI is InChI=1S/C16H26N2O2/c1-2-8-18(11-13-4-3-7-17-10-13)12-14-5-6-15(19)9-16(14)20/h5-6,9,13,17,19-20H,2-4,7-8,10-12H2,1H3. The van der Waals surface area contributed by atoms with Gasteiger partial charge in [-0.2, -0.15) is 0 Å². The van der Waals surface area contributed by atoms with Gasteiger partial charge in [0.15, 0.2) is 0 Å². The average Bonchev–Trinajstić information content (AvgIpc) is 2.43. The van der Waals surface area contributed by atoms with Gasteiger partial charge in [0.05, 0.1) is 0 Å². The van der Waals surface area contributed by atoms with Crippen LogP contribution in [0.4, 0.5) is 0 Å². The van der Waals surface area contributed by atoms with E-state index in [4.69, 9.17) is 0 Å². The summed E-state index contributed by atoms with van der Waals surface area (Å²) in [5.41, 5.74) is 0.889. The lowest BCUT2D eigenvalue weighted by Gasteiger charge is -2.30. The Morgan fingerprint density at radius 2 is 2.20 bits per heavy atom. The van der Waals surface area contributed by atoms with Gasteiger partial charge in [-0.3, -0.25) is 4.90 Å². The van der Waals surface area contributed by atoms with Gasteiger partial charge in [0.1, 0.15) is 11.5 Å². The van der Waals surface area contributed by atoms with Crippen LogP contribution in [0.25, 0.3) is 0 Å². The zero-order chi connectivity index (χ0) is 14.4. The molecule has 1 aliphatic rings. The molecule has 1 aliphatic heterocycles. The molecule has 1 saturated heterocycles. The fraction of sp³-hybridized carbons (Fsp3) is 0.625. The summed E-state index contributed by atoms with van der Waals surface area (Å²) < 4.78 is 0. The Balaban J connectivity index is 1.96. The Hall–Kier alpha value is -1.26. The molecule has 2 rings (SSSR count). The molecule has 1 aromatic rings. The average molecular weight is 278 g/mol. The van der Waals surface area contributed by atoms with E-state index in [-0.39, 0.29) is 11.5 Å². The van der Waals surface area contributed by atoms with Crippen LogP contribution in [0.5, 0.6) is 11.5 Å². The second-order valence-electron chi connectivity index (χ2n) is 5.76. The van der Waals surface area contributed by atoms with Crippen LogP contribution in [0, 0.1) is 5.92 Å². The van der Waals surface area contributed by atoms with Crippen LogP contribution < -0.4 is 5.32 Å². The number of rotatable bonds is 6. The maximum Gasteiger partial charge on any atom is 0.123 e. The predicted molar refractivity (Wildman–Crippen MR) is 80.9 cm³/mol. The molecule has 4 heteroatoms. The van der Waals surface area contributed by atoms with Crippen molar-refractivity contribution in [2.75, 3.05) is 26.2 Å². The van der Waals surface area contributed by atoms with Crippen molar-refractivity contribution < 1.29 is 10.2 Å². The van der Waals surface area contributed by atoms with Gasteiger partial charge in [0.25, 0.3) is 0 Å². The third kappa shape index (κ3) is 4.39. The minimum absolute atomic E-state index is 0.116. The third-order valence-electron chi connectivity index (χ3n) is 3.92. The van der Waals surface area contributed by atoms with Crippen molar-refractivity contribution in [2.45, 2.75) is 32.7 Å². The Kier molecular flexibility index (Phi) is 5.68. The Labute approximate surface area is 121 Å². The molecule has 1 aromatic carbocycles. The lowest BCUT2D eigenvalue weighted by atomic mass is 9.98. The SMILES string of the molecule is CCCN(Cc1ccc(O)cc1O)CC1CCCNC1. The Morgan fingerprint density at radius 1 is 1.35 bits per heavy atom. The quantitative estimate of drug-likeness (QED) is 0.747. The van der Waals surface area contributed by atoms with Gasteiger partial charge in [-0.15, -0.1) is 0 Å². The second kappa shape index (κ2) is 7.50. The number of nitrogens with zero attached hydrogens (tertiary/aromatic N) is 1. The third-order valence-corrected chi connectivity index (χ3v) is 3.92. The van der Waals surface area contributed by atoms with Crippen molar-refractivity contribution in [1.29, 1.82) is 0 Å². The van der Waals surface area contributed by atoms with Crippen LogP contribution in [0.1, 0.15) is 31.7 Å². The number of piperidine rings is 1. The maximum atomic E-state index is 9.92. The number of phenolic OH excluding ortho intramolecular Hbond substituents is 2. The molecular formula is C16H26N2O2. The molecule has 0 aliphatic carbocycles. The Bertz CT molecular complexity index is 417. The van der Waals surface area contributed by atoms with Crippen LogP contribution in [0.15, 0.2) is 18.2 Å². The van der Waals surface area contributed by atoms with Crippen molar-refractivity contribution in [3.05, 3.63) is 23.8 Å². The van der Waals surface area contributed by atoms with Crippen LogP contribution in [-0.4, -0.2) is 41.3 Å². The fourth-order valence-electron chi connectivity index (χ4n) is 2.92. The van der Waals surface area contributed by atoms with E-state index in [1.54, 1.807) is 6.07 Å². The van der Waals surface area contributed by atoms with Crippen molar-refractivity contribution >= 4 is 0 Å². The van der Waals surface area contributed by atoms with Gasteiger partial charge in [0, 0.05) is 24.7 Å². The molecule has 112 valence electrons. The van der Waals surface area contributed by atoms with Crippen molar-refractivity contribution in [3.63, 3.8) is 0 Å². The summed E-state index contributed by atoms with van der Waals surface area (Å²) in [7, 11) is 0. The molecule has 0 amide bonds. The van der Waals surface area contributed by atoms with E-state index in [0.717, 1.165) is 44.7 Å². The van der Waals surface area contributed by atoms with Crippen molar-refractivity contribution in [1.82, 2.24) is 10.2 Å². The van der Waals surface area contributed by atoms with Crippen LogP contribution in [0.3, 0.4) is 0 Å². The van der Waals surface area contributed by atoms with E-state index in [9.17, 15) is 10.2 Å². The molecule has 3 N–H and O–H groups in total. The molecule has 0 saturated carbocycles. The summed E-state index contributed by atoms with van der Waals surface area (Å²) in [5, 5.41) is 22.7. The van der Waals surface area contributed by atoms with E-state index in [0.29, 0.717) is 5.92 Å². The topological polar surface area (TPSA) is 55.7 Å². The van der Waals surface area contributed by atoms with Gasteiger partial charge in [-0.05, 0) is 50.9 Å². The van der Waals surface area contributed by atoms with Crippen molar-refractivity contribution in [2.24, 2.45) is 5.92 Å². The Morgan fingerprint density at radius 3 is 2.85 bits per heavy atom. The number of benzene rings is 1. The smallest absolute Gasteiger partial charge is 0.123 e. The largest absolute Gasteiger partial charge is 0.508 e. The summed E-state index contributed by atoms with van der Waals surface area (Å²) in [5.74, 6) is 1.01. The highest BCUT2D eigenvalue weighted by Crippen LogP contribution is 2.24. The van der Waals surface area contributed by atoms with E-state index in [2.05, 4.69) is 17.1 Å². The zero-order valence-corrected chi connectivity index (χ0v) is 12.3. The minimum atomic E-state index is 0.116. The first-order valence-corrected chi connectivity index (χ1v) is 7.63. The molecule has 0 aromatic heterocycles. The van der Waals surface area contributed by atoms with E-state index < -0.39 is 0 Å². The number of hydrogen-bond acceptors (Lipinski definition) is 4. The van der Waals surface area contributed by atoms with Crippen LogP contribution in [0.2, 0.25) is 0 Å². The molecule has 0 spiro atoms. The lowest BCUT2D eigenvalue weighted by molar-refractivity contribution is 0.199. The minimum Gasteiger partial charge on any atom is -0.508 e. The highest BCUT2D eigenvalue weighted by Gasteiger charge is 2.17. The first-order chi connectivity index (χ1) is 9.69. The van der Waals surface area contributed by atoms with Crippen LogP contribution in [-0.2, 0) is 6.54 Å². The highest BCUT2D eigenvalue weighted by molar-refractivity contribution is 5.38. The van der Waals surface area contributed by atoms with Crippen molar-refractivity contribution in [3.8, 4) is 11.5 Å². The van der Waals surface area contributed by atoms with E-state index in [1.165, 1.54) is 18.9 Å². The van der Waals surface area contributed by atoms with Gasteiger partial charge >= 0.3 is 0 Å². The molecule has 0 radical (unpaired) electrons. The predicted octanol–water partition coefficient (Wildman–Crippen LogP) is 2.31. The number of nitrogens with one attached hydrogen (secondary N) is 1. The molecule has 1 atom stereocenters. The van der Waals surface area contributed by atoms with E-state index >= 15 is 0 Å². The monoisotopic (exact) mass is 278 g/mol. The first-order valence-electron chi connectivity index (χ1n) is 7.63. The molecule has 4 nitrogen and oxygen atoms in total. The van der Waals surface area contributed by atoms with Gasteiger partial charge in [0.2, 0.25) is 0 Å². The van der Waals surface area contributed by atoms with Gasteiger partial charge in [-0.25, -0.2) is 0 Å². The summed E-state index contributed by atoms with van der Waals surface area (Å²) in [6.07, 6.45) is 3.66. The summed E-state index contributed by atoms with van der Waals surface area (Å²) in [6.45, 7) is 7.28. The maximum absolute atomic E-state index is 9.92. The molecule has 1 heterocycles. The first kappa shape index (κ1) is 15.1. The summed E-state index contributed by atoms with van der Waals surface area (Å²) >= 11 is 0. The lowest BCUT2D eigenvalue weighted by Crippen LogP contribution is -2.38. The molecule has 1 unspecified atom stereocenters. The molecule has 20 heavy (non-hydrogen) atoms. The number of hydrogen-bond donors (Lipinski definition) is 3. The highest BCUT2D eigenvalue weighted by atomic mass is 16.3. The fourth-order valence-corrected chi connectivity index (χ4v) is 2.92.